The van der Waals surface area contributed by atoms with Gasteiger partial charge in [-0.2, -0.15) is 0 Å². The van der Waals surface area contributed by atoms with Crippen LogP contribution in [0, 0.1) is 0 Å². The Bertz CT molecular complexity index is 296. The fourth-order valence-electron chi connectivity index (χ4n) is 1.44. The van der Waals surface area contributed by atoms with Crippen molar-refractivity contribution < 1.29 is 0 Å². The van der Waals surface area contributed by atoms with Crippen LogP contribution in [0.25, 0.3) is 0 Å². The lowest BCUT2D eigenvalue weighted by atomic mass is 9.99. The van der Waals surface area contributed by atoms with Crippen LogP contribution in [-0.2, 0) is 5.66 Å². The van der Waals surface area contributed by atoms with Crippen LogP contribution in [0.2, 0.25) is 0 Å². The molecule has 2 N–H and O–H groups in total. The zero-order valence-electron chi connectivity index (χ0n) is 8.39. The van der Waals surface area contributed by atoms with Crippen molar-refractivity contribution in [3.63, 3.8) is 0 Å². The first kappa shape index (κ1) is 8.73. The minimum atomic E-state index is 0.0233. The van der Waals surface area contributed by atoms with Gasteiger partial charge in [0.15, 0.2) is 0 Å². The van der Waals surface area contributed by atoms with Gasteiger partial charge in [0.1, 0.15) is 5.66 Å². The Hall–Kier alpha value is -0.860. The molecule has 2 nitrogen and oxygen atoms in total. The number of rotatable bonds is 2. The molecule has 0 atom stereocenters. The van der Waals surface area contributed by atoms with Crippen LogP contribution in [0.5, 0.6) is 0 Å². The Morgan fingerprint density at radius 2 is 1.62 bits per heavy atom. The summed E-state index contributed by atoms with van der Waals surface area (Å²) in [4.78, 5) is 0. The molecule has 1 aromatic rings. The highest BCUT2D eigenvalue weighted by Crippen LogP contribution is 2.25. The third kappa shape index (κ3) is 1.60. The second-order valence-corrected chi connectivity index (χ2v) is 4.15. The van der Waals surface area contributed by atoms with Crippen LogP contribution in [-0.4, -0.2) is 0 Å². The number of hydrogen-bond acceptors (Lipinski definition) is 2. The summed E-state index contributed by atoms with van der Waals surface area (Å²) in [6.07, 6.45) is 0. The van der Waals surface area contributed by atoms with Crippen molar-refractivity contribution in [2.45, 2.75) is 32.4 Å². The van der Waals surface area contributed by atoms with Gasteiger partial charge in [-0.15, -0.1) is 0 Å². The first-order valence-electron chi connectivity index (χ1n) is 4.76. The SMILES string of the molecule is CC(C)c1ccc(C2(C)NN2)cc1. The van der Waals surface area contributed by atoms with Crippen LogP contribution >= 0.6 is 0 Å². The van der Waals surface area contributed by atoms with Crippen molar-refractivity contribution in [2.24, 2.45) is 0 Å². The van der Waals surface area contributed by atoms with E-state index in [9.17, 15) is 0 Å². The molecule has 2 rings (SSSR count). The van der Waals surface area contributed by atoms with Crippen LogP contribution in [0.15, 0.2) is 24.3 Å². The first-order valence-corrected chi connectivity index (χ1v) is 4.76. The predicted molar refractivity (Wildman–Crippen MR) is 54.2 cm³/mol. The van der Waals surface area contributed by atoms with Gasteiger partial charge in [0.2, 0.25) is 0 Å². The van der Waals surface area contributed by atoms with E-state index in [2.05, 4.69) is 55.9 Å². The number of nitrogens with one attached hydrogen (secondary N) is 2. The molecule has 70 valence electrons. The van der Waals surface area contributed by atoms with E-state index < -0.39 is 0 Å². The number of hydrogen-bond donors (Lipinski definition) is 2. The van der Waals surface area contributed by atoms with Gasteiger partial charge in [-0.1, -0.05) is 38.1 Å². The fraction of sp³-hybridized carbons (Fsp3) is 0.455. The number of benzene rings is 1. The van der Waals surface area contributed by atoms with E-state index >= 15 is 0 Å². The van der Waals surface area contributed by atoms with Crippen molar-refractivity contribution in [3.05, 3.63) is 35.4 Å². The van der Waals surface area contributed by atoms with Crippen molar-refractivity contribution in [1.82, 2.24) is 10.9 Å². The second kappa shape index (κ2) is 2.82. The smallest absolute Gasteiger partial charge is 0.117 e. The Balaban J connectivity index is 2.24. The molecule has 1 aliphatic heterocycles. The summed E-state index contributed by atoms with van der Waals surface area (Å²) in [7, 11) is 0. The summed E-state index contributed by atoms with van der Waals surface area (Å²) in [5.41, 5.74) is 8.97. The Kier molecular flexibility index (Phi) is 1.90. The van der Waals surface area contributed by atoms with Crippen LogP contribution in [0.4, 0.5) is 0 Å². The van der Waals surface area contributed by atoms with Gasteiger partial charge >= 0.3 is 0 Å². The van der Waals surface area contributed by atoms with Gasteiger partial charge in [-0.3, -0.25) is 0 Å². The topological polar surface area (TPSA) is 43.9 Å². The van der Waals surface area contributed by atoms with Gasteiger partial charge in [0, 0.05) is 0 Å². The first-order chi connectivity index (χ1) is 6.12. The monoisotopic (exact) mass is 176 g/mol. The van der Waals surface area contributed by atoms with Crippen molar-refractivity contribution in [2.75, 3.05) is 0 Å². The standard InChI is InChI=1S/C11H16N2/c1-8(2)9-4-6-10(7-5-9)11(3)12-13-11/h4-8,12-13H,1-3H3. The molecule has 1 fully saturated rings. The number of hydrazine groups is 1. The van der Waals surface area contributed by atoms with E-state index in [1.165, 1.54) is 11.1 Å². The lowest BCUT2D eigenvalue weighted by Gasteiger charge is -2.08. The third-order valence-electron chi connectivity index (χ3n) is 2.65. The third-order valence-corrected chi connectivity index (χ3v) is 2.65. The van der Waals surface area contributed by atoms with Gasteiger partial charge in [-0.25, -0.2) is 10.9 Å². The summed E-state index contributed by atoms with van der Waals surface area (Å²) in [5.74, 6) is 0.613. The largest absolute Gasteiger partial charge is 0.231 e. The molecule has 0 spiro atoms. The summed E-state index contributed by atoms with van der Waals surface area (Å²) >= 11 is 0. The minimum absolute atomic E-state index is 0.0233. The highest BCUT2D eigenvalue weighted by Gasteiger charge is 2.37. The van der Waals surface area contributed by atoms with Crippen LogP contribution in [0.3, 0.4) is 0 Å². The summed E-state index contributed by atoms with van der Waals surface area (Å²) < 4.78 is 0. The zero-order chi connectivity index (χ0) is 9.47. The quantitative estimate of drug-likeness (QED) is 0.678. The summed E-state index contributed by atoms with van der Waals surface area (Å²) in [6.45, 7) is 6.56. The molecule has 0 saturated carbocycles. The average molecular weight is 176 g/mol. The van der Waals surface area contributed by atoms with E-state index in [1.807, 2.05) is 0 Å². The maximum Gasteiger partial charge on any atom is 0.117 e. The molecule has 0 unspecified atom stereocenters. The van der Waals surface area contributed by atoms with E-state index in [4.69, 9.17) is 0 Å². The molecule has 0 bridgehead atoms. The van der Waals surface area contributed by atoms with E-state index in [0.717, 1.165) is 0 Å². The molecule has 0 aliphatic carbocycles. The van der Waals surface area contributed by atoms with E-state index in [0.29, 0.717) is 5.92 Å². The molecule has 1 heterocycles. The Morgan fingerprint density at radius 1 is 1.08 bits per heavy atom. The van der Waals surface area contributed by atoms with E-state index in [1.54, 1.807) is 0 Å². The Morgan fingerprint density at radius 3 is 2.00 bits per heavy atom. The lowest BCUT2D eigenvalue weighted by molar-refractivity contribution is 0.733. The van der Waals surface area contributed by atoms with Crippen molar-refractivity contribution in [3.8, 4) is 0 Å². The van der Waals surface area contributed by atoms with Crippen molar-refractivity contribution in [1.29, 1.82) is 0 Å². The Labute approximate surface area is 79.3 Å². The lowest BCUT2D eigenvalue weighted by Crippen LogP contribution is -2.08. The molecule has 0 aromatic heterocycles. The van der Waals surface area contributed by atoms with Crippen LogP contribution < -0.4 is 10.9 Å². The van der Waals surface area contributed by atoms with E-state index in [-0.39, 0.29) is 5.66 Å². The second-order valence-electron chi connectivity index (χ2n) is 4.15. The normalized spacial score (nSPS) is 19.1. The van der Waals surface area contributed by atoms with Gasteiger partial charge in [-0.05, 0) is 24.0 Å². The predicted octanol–water partition coefficient (Wildman–Crippen LogP) is 2.09. The molecule has 1 aromatic carbocycles. The maximum absolute atomic E-state index is 3.13. The van der Waals surface area contributed by atoms with Crippen molar-refractivity contribution >= 4 is 0 Å². The molecule has 13 heavy (non-hydrogen) atoms. The summed E-state index contributed by atoms with van der Waals surface area (Å²) in [6, 6.07) is 8.77. The molecule has 0 amide bonds. The molecule has 1 saturated heterocycles. The average Bonchev–Trinajstić information content (AvgIpc) is 2.85. The van der Waals surface area contributed by atoms with Gasteiger partial charge in [0.05, 0.1) is 0 Å². The molecular weight excluding hydrogens is 160 g/mol. The summed E-state index contributed by atoms with van der Waals surface area (Å²) in [5, 5.41) is 0. The molecule has 0 radical (unpaired) electrons. The molecule has 1 aliphatic rings. The molecular formula is C11H16N2. The minimum Gasteiger partial charge on any atom is -0.231 e. The van der Waals surface area contributed by atoms with Crippen LogP contribution in [0.1, 0.15) is 37.8 Å². The van der Waals surface area contributed by atoms with Gasteiger partial charge < -0.3 is 0 Å². The fourth-order valence-corrected chi connectivity index (χ4v) is 1.44. The maximum atomic E-state index is 3.13. The highest BCUT2D eigenvalue weighted by molar-refractivity contribution is 5.31. The molecule has 2 heteroatoms. The van der Waals surface area contributed by atoms with Gasteiger partial charge in [0.25, 0.3) is 0 Å². The zero-order valence-corrected chi connectivity index (χ0v) is 8.39. The highest BCUT2D eigenvalue weighted by atomic mass is 15.7.